The Bertz CT molecular complexity index is 1050. The number of hydrogen-bond donors (Lipinski definition) is 1. The van der Waals surface area contributed by atoms with E-state index in [1.54, 1.807) is 17.0 Å². The fraction of sp³-hybridized carbons (Fsp3) is 0.136. The van der Waals surface area contributed by atoms with Crippen molar-refractivity contribution >= 4 is 40.5 Å². The van der Waals surface area contributed by atoms with Crippen molar-refractivity contribution in [3.05, 3.63) is 93.0 Å². The van der Waals surface area contributed by atoms with Crippen molar-refractivity contribution in [2.45, 2.75) is 20.0 Å². The van der Waals surface area contributed by atoms with Crippen molar-refractivity contribution < 1.29 is 4.79 Å². The third kappa shape index (κ3) is 3.18. The minimum atomic E-state index is -0.431. The average Bonchev–Trinajstić information content (AvgIpc) is 2.64. The molecule has 5 heteroatoms. The van der Waals surface area contributed by atoms with Crippen molar-refractivity contribution in [1.29, 1.82) is 0 Å². The van der Waals surface area contributed by atoms with Gasteiger partial charge in [0.1, 0.15) is 6.17 Å². The molecule has 1 atom stereocenters. The molecule has 1 heterocycles. The predicted molar refractivity (Wildman–Crippen MR) is 112 cm³/mol. The number of para-hydroxylation sites is 1. The van der Waals surface area contributed by atoms with E-state index in [-0.39, 0.29) is 5.91 Å². The second-order valence-electron chi connectivity index (χ2n) is 6.70. The number of rotatable bonds is 2. The molecule has 3 aromatic carbocycles. The lowest BCUT2D eigenvalue weighted by Crippen LogP contribution is -2.43. The molecular weight excluding hydrogens is 379 g/mol. The third-order valence-corrected chi connectivity index (χ3v) is 5.51. The first-order valence-corrected chi connectivity index (χ1v) is 9.42. The molecule has 1 N–H and O–H groups in total. The molecule has 4 rings (SSSR count). The van der Waals surface area contributed by atoms with Crippen LogP contribution in [0.4, 0.5) is 11.4 Å². The molecule has 27 heavy (non-hydrogen) atoms. The Morgan fingerprint density at radius 3 is 2.44 bits per heavy atom. The number of amides is 1. The van der Waals surface area contributed by atoms with E-state index in [2.05, 4.69) is 12.2 Å². The number of nitrogens with one attached hydrogen (secondary N) is 1. The summed E-state index contributed by atoms with van der Waals surface area (Å²) in [7, 11) is 0. The Hall–Kier alpha value is -2.49. The number of fused-ring (bicyclic) bond motifs is 1. The quantitative estimate of drug-likeness (QED) is 0.544. The summed E-state index contributed by atoms with van der Waals surface area (Å²) >= 11 is 12.6. The number of nitrogens with zero attached hydrogens (tertiary/aromatic N) is 1. The van der Waals surface area contributed by atoms with Gasteiger partial charge in [-0.3, -0.25) is 9.69 Å². The molecule has 0 aromatic heterocycles. The second kappa shape index (κ2) is 6.91. The third-order valence-electron chi connectivity index (χ3n) is 4.95. The summed E-state index contributed by atoms with van der Waals surface area (Å²) < 4.78 is 0. The predicted octanol–water partition coefficient (Wildman–Crippen LogP) is 6.38. The summed E-state index contributed by atoms with van der Waals surface area (Å²) in [4.78, 5) is 15.1. The Labute approximate surface area is 168 Å². The smallest absolute Gasteiger partial charge is 0.262 e. The number of carbonyl (C=O) groups is 1. The van der Waals surface area contributed by atoms with Crippen molar-refractivity contribution in [2.75, 3.05) is 10.2 Å². The lowest BCUT2D eigenvalue weighted by atomic mass is 10.0. The molecular formula is C22H18Cl2N2O. The van der Waals surface area contributed by atoms with Gasteiger partial charge in [0.05, 0.1) is 5.56 Å². The van der Waals surface area contributed by atoms with Crippen molar-refractivity contribution in [2.24, 2.45) is 0 Å². The van der Waals surface area contributed by atoms with Crippen LogP contribution in [0.15, 0.2) is 60.7 Å². The second-order valence-corrected chi connectivity index (χ2v) is 7.55. The normalized spacial score (nSPS) is 16.1. The topological polar surface area (TPSA) is 32.3 Å². The average molecular weight is 397 g/mol. The minimum absolute atomic E-state index is 0.0661. The van der Waals surface area contributed by atoms with Gasteiger partial charge in [0.15, 0.2) is 0 Å². The van der Waals surface area contributed by atoms with Gasteiger partial charge in [-0.2, -0.15) is 0 Å². The standard InChI is InChI=1S/C22H18Cl2N2O/c1-13-7-9-16(11-14(13)2)26-21(17-10-8-15(23)12-19(17)24)25-20-6-4-3-5-18(20)22(26)27/h3-12,21,25H,1-2H3/t21-/m1/s1. The van der Waals surface area contributed by atoms with E-state index < -0.39 is 6.17 Å². The molecule has 3 aromatic rings. The van der Waals surface area contributed by atoms with Crippen LogP contribution in [0.3, 0.4) is 0 Å². The van der Waals surface area contributed by atoms with Crippen LogP contribution < -0.4 is 10.2 Å². The van der Waals surface area contributed by atoms with E-state index in [0.717, 1.165) is 22.5 Å². The van der Waals surface area contributed by atoms with Gasteiger partial charge >= 0.3 is 0 Å². The molecule has 1 amide bonds. The van der Waals surface area contributed by atoms with Crippen molar-refractivity contribution in [1.82, 2.24) is 0 Å². The first-order chi connectivity index (χ1) is 13.0. The summed E-state index contributed by atoms with van der Waals surface area (Å²) in [5.74, 6) is -0.0661. The van der Waals surface area contributed by atoms with E-state index >= 15 is 0 Å². The lowest BCUT2D eigenvalue weighted by Gasteiger charge is -2.38. The molecule has 0 fully saturated rings. The van der Waals surface area contributed by atoms with Gasteiger partial charge in [-0.05, 0) is 61.4 Å². The Balaban J connectivity index is 1.90. The Kier molecular flexibility index (Phi) is 4.58. The molecule has 0 saturated carbocycles. The first-order valence-electron chi connectivity index (χ1n) is 8.67. The van der Waals surface area contributed by atoms with Crippen LogP contribution >= 0.6 is 23.2 Å². The van der Waals surface area contributed by atoms with E-state index in [9.17, 15) is 4.79 Å². The highest BCUT2D eigenvalue weighted by molar-refractivity contribution is 6.35. The van der Waals surface area contributed by atoms with Gasteiger partial charge in [-0.1, -0.05) is 47.5 Å². The van der Waals surface area contributed by atoms with Gasteiger partial charge in [-0.15, -0.1) is 0 Å². The van der Waals surface area contributed by atoms with Gasteiger partial charge in [-0.25, -0.2) is 0 Å². The maximum Gasteiger partial charge on any atom is 0.262 e. The Morgan fingerprint density at radius 1 is 0.926 bits per heavy atom. The maximum absolute atomic E-state index is 13.4. The highest BCUT2D eigenvalue weighted by Gasteiger charge is 2.35. The minimum Gasteiger partial charge on any atom is -0.360 e. The van der Waals surface area contributed by atoms with E-state index in [1.807, 2.05) is 55.5 Å². The van der Waals surface area contributed by atoms with Crippen LogP contribution in [0.25, 0.3) is 0 Å². The molecule has 0 saturated heterocycles. The number of aryl methyl sites for hydroxylation is 2. The molecule has 0 bridgehead atoms. The van der Waals surface area contributed by atoms with Crippen molar-refractivity contribution in [3.63, 3.8) is 0 Å². The summed E-state index contributed by atoms with van der Waals surface area (Å²) in [6.07, 6.45) is -0.431. The summed E-state index contributed by atoms with van der Waals surface area (Å²) in [5, 5.41) is 4.54. The zero-order valence-corrected chi connectivity index (χ0v) is 16.5. The molecule has 1 aliphatic rings. The summed E-state index contributed by atoms with van der Waals surface area (Å²) in [6, 6.07) is 18.9. The number of benzene rings is 3. The Morgan fingerprint density at radius 2 is 1.70 bits per heavy atom. The van der Waals surface area contributed by atoms with E-state index in [1.165, 1.54) is 5.56 Å². The van der Waals surface area contributed by atoms with Gasteiger partial charge in [0.25, 0.3) is 5.91 Å². The largest absolute Gasteiger partial charge is 0.360 e. The molecule has 0 aliphatic carbocycles. The fourth-order valence-corrected chi connectivity index (χ4v) is 3.85. The lowest BCUT2D eigenvalue weighted by molar-refractivity contribution is 0.0975. The molecule has 0 spiro atoms. The fourth-order valence-electron chi connectivity index (χ4n) is 3.34. The van der Waals surface area contributed by atoms with Crippen LogP contribution in [-0.4, -0.2) is 5.91 Å². The SMILES string of the molecule is Cc1ccc(N2C(=O)c3ccccc3N[C@H]2c2ccc(Cl)cc2Cl)cc1C. The number of hydrogen-bond acceptors (Lipinski definition) is 2. The van der Waals surface area contributed by atoms with Crippen LogP contribution in [0.2, 0.25) is 10.0 Å². The first kappa shape index (κ1) is 17.9. The highest BCUT2D eigenvalue weighted by atomic mass is 35.5. The van der Waals surface area contributed by atoms with Gasteiger partial charge in [0.2, 0.25) is 0 Å². The van der Waals surface area contributed by atoms with E-state index in [0.29, 0.717) is 15.6 Å². The molecule has 0 radical (unpaired) electrons. The molecule has 1 aliphatic heterocycles. The number of carbonyl (C=O) groups excluding carboxylic acids is 1. The number of halogens is 2. The van der Waals surface area contributed by atoms with Gasteiger partial charge in [0, 0.05) is 27.0 Å². The zero-order chi connectivity index (χ0) is 19.1. The summed E-state index contributed by atoms with van der Waals surface area (Å²) in [6.45, 7) is 4.09. The zero-order valence-electron chi connectivity index (χ0n) is 15.0. The van der Waals surface area contributed by atoms with Crippen molar-refractivity contribution in [3.8, 4) is 0 Å². The highest BCUT2D eigenvalue weighted by Crippen LogP contribution is 2.39. The summed E-state index contributed by atoms with van der Waals surface area (Å²) in [5.41, 5.74) is 5.34. The van der Waals surface area contributed by atoms with Crippen LogP contribution in [0, 0.1) is 13.8 Å². The molecule has 3 nitrogen and oxygen atoms in total. The monoisotopic (exact) mass is 396 g/mol. The van der Waals surface area contributed by atoms with Gasteiger partial charge < -0.3 is 5.32 Å². The maximum atomic E-state index is 13.4. The van der Waals surface area contributed by atoms with Crippen LogP contribution in [0.5, 0.6) is 0 Å². The number of anilines is 2. The van der Waals surface area contributed by atoms with Crippen LogP contribution in [0.1, 0.15) is 33.2 Å². The molecule has 136 valence electrons. The van der Waals surface area contributed by atoms with Crippen LogP contribution in [-0.2, 0) is 0 Å². The molecule has 0 unspecified atom stereocenters. The van der Waals surface area contributed by atoms with E-state index in [4.69, 9.17) is 23.2 Å².